The van der Waals surface area contributed by atoms with E-state index in [-0.39, 0.29) is 0 Å². The highest BCUT2D eigenvalue weighted by atomic mass is 14.8. The van der Waals surface area contributed by atoms with E-state index in [0.717, 1.165) is 36.2 Å². The second-order valence-electron chi connectivity index (χ2n) is 4.09. The van der Waals surface area contributed by atoms with Gasteiger partial charge in [-0.3, -0.25) is 15.0 Å². The fourth-order valence-electron chi connectivity index (χ4n) is 1.84. The SMILES string of the molecule is C=C[C]=C(CCCc1ccccn1)c1cnccn1. The number of aromatic nitrogens is 3. The molecule has 2 heterocycles. The topological polar surface area (TPSA) is 38.7 Å². The lowest BCUT2D eigenvalue weighted by Gasteiger charge is -2.05. The van der Waals surface area contributed by atoms with Crippen LogP contribution in [0.3, 0.4) is 0 Å². The van der Waals surface area contributed by atoms with Crippen molar-refractivity contribution in [2.45, 2.75) is 19.3 Å². The van der Waals surface area contributed by atoms with Gasteiger partial charge in [0.05, 0.1) is 11.9 Å². The van der Waals surface area contributed by atoms with Crippen LogP contribution in [0, 0.1) is 6.08 Å². The van der Waals surface area contributed by atoms with Gasteiger partial charge in [-0.1, -0.05) is 18.7 Å². The molecule has 0 aromatic carbocycles. The summed E-state index contributed by atoms with van der Waals surface area (Å²) in [7, 11) is 0. The van der Waals surface area contributed by atoms with E-state index in [0.29, 0.717) is 0 Å². The van der Waals surface area contributed by atoms with Gasteiger partial charge in [-0.15, -0.1) is 0 Å². The molecule has 3 nitrogen and oxygen atoms in total. The van der Waals surface area contributed by atoms with Crippen molar-refractivity contribution in [1.29, 1.82) is 0 Å². The number of aryl methyl sites for hydroxylation is 1. The van der Waals surface area contributed by atoms with Crippen LogP contribution in [-0.4, -0.2) is 15.0 Å². The third kappa shape index (κ3) is 4.14. The van der Waals surface area contributed by atoms with Gasteiger partial charge in [0.25, 0.3) is 0 Å². The van der Waals surface area contributed by atoms with Crippen LogP contribution in [0.2, 0.25) is 0 Å². The van der Waals surface area contributed by atoms with E-state index in [2.05, 4.69) is 27.6 Å². The molecule has 0 N–H and O–H groups in total. The quantitative estimate of drug-likeness (QED) is 0.739. The number of hydrogen-bond acceptors (Lipinski definition) is 3. The maximum Gasteiger partial charge on any atom is 0.0851 e. The average molecular weight is 250 g/mol. The fourth-order valence-corrected chi connectivity index (χ4v) is 1.84. The van der Waals surface area contributed by atoms with Crippen LogP contribution in [0.25, 0.3) is 5.57 Å². The molecule has 2 aromatic heterocycles. The molecule has 0 saturated heterocycles. The second-order valence-corrected chi connectivity index (χ2v) is 4.09. The third-order valence-electron chi connectivity index (χ3n) is 2.73. The summed E-state index contributed by atoms with van der Waals surface area (Å²) in [6.07, 6.45) is 14.6. The van der Waals surface area contributed by atoms with Crippen molar-refractivity contribution in [2.24, 2.45) is 0 Å². The Balaban J connectivity index is 1.96. The lowest BCUT2D eigenvalue weighted by atomic mass is 10.0. The first-order chi connectivity index (χ1) is 9.40. The minimum absolute atomic E-state index is 0.864. The molecule has 2 rings (SSSR count). The van der Waals surface area contributed by atoms with Crippen LogP contribution in [0.15, 0.2) is 55.6 Å². The summed E-state index contributed by atoms with van der Waals surface area (Å²) < 4.78 is 0. The van der Waals surface area contributed by atoms with Gasteiger partial charge < -0.3 is 0 Å². The van der Waals surface area contributed by atoms with E-state index in [1.54, 1.807) is 24.7 Å². The van der Waals surface area contributed by atoms with Crippen molar-refractivity contribution in [3.63, 3.8) is 0 Å². The van der Waals surface area contributed by atoms with E-state index in [1.807, 2.05) is 24.4 Å². The van der Waals surface area contributed by atoms with E-state index in [4.69, 9.17) is 0 Å². The first kappa shape index (κ1) is 13.1. The highest BCUT2D eigenvalue weighted by molar-refractivity contribution is 5.60. The summed E-state index contributed by atoms with van der Waals surface area (Å²) in [4.78, 5) is 12.7. The van der Waals surface area contributed by atoms with Crippen molar-refractivity contribution in [3.8, 4) is 0 Å². The molecule has 0 spiro atoms. The van der Waals surface area contributed by atoms with Gasteiger partial charge in [0.1, 0.15) is 0 Å². The standard InChI is InChI=1S/C16H16N3/c1-2-6-14(16-13-17-11-12-19-16)7-5-9-15-8-3-4-10-18-15/h2-4,8,10-13H,1,5,7,9H2. The first-order valence-corrected chi connectivity index (χ1v) is 6.29. The van der Waals surface area contributed by atoms with E-state index < -0.39 is 0 Å². The number of hydrogen-bond donors (Lipinski definition) is 0. The molecule has 0 saturated carbocycles. The lowest BCUT2D eigenvalue weighted by molar-refractivity contribution is 0.823. The maximum atomic E-state index is 4.32. The molecule has 19 heavy (non-hydrogen) atoms. The van der Waals surface area contributed by atoms with Crippen molar-refractivity contribution < 1.29 is 0 Å². The smallest absolute Gasteiger partial charge is 0.0851 e. The van der Waals surface area contributed by atoms with Crippen LogP contribution in [-0.2, 0) is 6.42 Å². The molecule has 0 fully saturated rings. The van der Waals surface area contributed by atoms with Gasteiger partial charge in [0.2, 0.25) is 0 Å². The lowest BCUT2D eigenvalue weighted by Crippen LogP contribution is -1.94. The largest absolute Gasteiger partial charge is 0.261 e. The summed E-state index contributed by atoms with van der Waals surface area (Å²) in [6, 6.07) is 5.99. The minimum Gasteiger partial charge on any atom is -0.261 e. The second kappa shape index (κ2) is 7.21. The molecule has 3 heteroatoms. The van der Waals surface area contributed by atoms with Gasteiger partial charge in [0, 0.05) is 24.3 Å². The predicted molar refractivity (Wildman–Crippen MR) is 76.1 cm³/mol. The number of allylic oxidation sites excluding steroid dienone is 3. The van der Waals surface area contributed by atoms with Gasteiger partial charge in [-0.2, -0.15) is 0 Å². The zero-order chi connectivity index (χ0) is 13.3. The monoisotopic (exact) mass is 250 g/mol. The summed E-state index contributed by atoms with van der Waals surface area (Å²) in [5, 5.41) is 0. The van der Waals surface area contributed by atoms with Crippen LogP contribution < -0.4 is 0 Å². The minimum atomic E-state index is 0.864. The third-order valence-corrected chi connectivity index (χ3v) is 2.73. The molecule has 0 bridgehead atoms. The molecule has 0 aliphatic heterocycles. The molecular formula is C16H16N3. The molecule has 1 radical (unpaired) electrons. The van der Waals surface area contributed by atoms with Gasteiger partial charge in [-0.25, -0.2) is 0 Å². The predicted octanol–water partition coefficient (Wildman–Crippen LogP) is 3.27. The highest BCUT2D eigenvalue weighted by Crippen LogP contribution is 2.17. The summed E-state index contributed by atoms with van der Waals surface area (Å²) in [5.41, 5.74) is 3.02. The first-order valence-electron chi connectivity index (χ1n) is 6.29. The average Bonchev–Trinajstić information content (AvgIpc) is 2.48. The van der Waals surface area contributed by atoms with Gasteiger partial charge >= 0.3 is 0 Å². The Morgan fingerprint density at radius 1 is 1.21 bits per heavy atom. The Labute approximate surface area is 113 Å². The van der Waals surface area contributed by atoms with Crippen LogP contribution >= 0.6 is 0 Å². The van der Waals surface area contributed by atoms with Crippen molar-refractivity contribution in [1.82, 2.24) is 15.0 Å². The molecule has 0 aliphatic rings. The Morgan fingerprint density at radius 3 is 2.84 bits per heavy atom. The Kier molecular flexibility index (Phi) is 4.99. The van der Waals surface area contributed by atoms with Crippen LogP contribution in [0.5, 0.6) is 0 Å². The summed E-state index contributed by atoms with van der Waals surface area (Å²) in [6.45, 7) is 3.70. The normalized spacial score (nSPS) is 11.3. The molecule has 0 aliphatic carbocycles. The van der Waals surface area contributed by atoms with Gasteiger partial charge in [0.15, 0.2) is 0 Å². The molecule has 0 unspecified atom stereocenters. The zero-order valence-corrected chi connectivity index (χ0v) is 10.8. The van der Waals surface area contributed by atoms with Crippen molar-refractivity contribution in [2.75, 3.05) is 0 Å². The van der Waals surface area contributed by atoms with Crippen LogP contribution in [0.4, 0.5) is 0 Å². The number of nitrogens with zero attached hydrogens (tertiary/aromatic N) is 3. The zero-order valence-electron chi connectivity index (χ0n) is 10.8. The summed E-state index contributed by atoms with van der Waals surface area (Å²) in [5.74, 6) is 0. The highest BCUT2D eigenvalue weighted by Gasteiger charge is 2.03. The Hall–Kier alpha value is -2.29. The molecule has 0 atom stereocenters. The van der Waals surface area contributed by atoms with Crippen LogP contribution in [0.1, 0.15) is 24.2 Å². The molecular weight excluding hydrogens is 234 g/mol. The fraction of sp³-hybridized carbons (Fsp3) is 0.188. The van der Waals surface area contributed by atoms with Gasteiger partial charge in [-0.05, 0) is 43.0 Å². The van der Waals surface area contributed by atoms with E-state index >= 15 is 0 Å². The maximum absolute atomic E-state index is 4.32. The van der Waals surface area contributed by atoms with E-state index in [9.17, 15) is 0 Å². The molecule has 2 aromatic rings. The molecule has 95 valence electrons. The molecule has 0 amide bonds. The number of rotatable bonds is 6. The summed E-state index contributed by atoms with van der Waals surface area (Å²) >= 11 is 0. The van der Waals surface area contributed by atoms with E-state index in [1.165, 1.54) is 0 Å². The van der Waals surface area contributed by atoms with Crippen molar-refractivity contribution >= 4 is 5.57 Å². The number of pyridine rings is 1. The Morgan fingerprint density at radius 2 is 2.16 bits per heavy atom. The van der Waals surface area contributed by atoms with Crippen molar-refractivity contribution in [3.05, 3.63) is 73.1 Å². The Bertz CT molecular complexity index is 532.